The van der Waals surface area contributed by atoms with Crippen LogP contribution < -0.4 is 0 Å². The fourth-order valence-corrected chi connectivity index (χ4v) is 1.65. The molecular weight excluding hydrogens is 234 g/mol. The molecule has 0 aliphatic carbocycles. The van der Waals surface area contributed by atoms with Gasteiger partial charge in [0, 0.05) is 4.47 Å². The number of nitrogens with zero attached hydrogens (tertiary/aromatic N) is 2. The fourth-order valence-electron chi connectivity index (χ4n) is 1.08. The van der Waals surface area contributed by atoms with E-state index in [1.807, 2.05) is 0 Å². The number of aromatic amines is 1. The van der Waals surface area contributed by atoms with Crippen molar-refractivity contribution in [2.75, 3.05) is 0 Å². The number of rotatable bonds is 1. The van der Waals surface area contributed by atoms with Crippen molar-refractivity contribution >= 4 is 15.9 Å². The Morgan fingerprint density at radius 2 is 2.23 bits per heavy atom. The second-order valence-corrected chi connectivity index (χ2v) is 3.34. The largest absolute Gasteiger partial charge is 0.289 e. The van der Waals surface area contributed by atoms with Gasteiger partial charge in [0.15, 0.2) is 5.75 Å². The second kappa shape index (κ2) is 3.18. The van der Waals surface area contributed by atoms with Gasteiger partial charge in [-0.1, -0.05) is 11.3 Å². The van der Waals surface area contributed by atoms with Crippen LogP contribution in [0.4, 0.5) is 0 Å². The van der Waals surface area contributed by atoms with Crippen LogP contribution in [-0.2, 0) is 5.11 Å². The third kappa shape index (κ3) is 1.42. The number of H-pyrrole nitrogens is 1. The van der Waals surface area contributed by atoms with Gasteiger partial charge < -0.3 is 0 Å². The van der Waals surface area contributed by atoms with E-state index in [1.165, 1.54) is 12.3 Å². The molecule has 0 saturated heterocycles. The van der Waals surface area contributed by atoms with Crippen LogP contribution in [0.15, 0.2) is 28.9 Å². The summed E-state index contributed by atoms with van der Waals surface area (Å²) in [5.74, 6) is -0.0552. The lowest BCUT2D eigenvalue weighted by molar-refractivity contribution is 0.356. The minimum Gasteiger partial charge on any atom is -0.289 e. The van der Waals surface area contributed by atoms with E-state index >= 15 is 0 Å². The highest BCUT2D eigenvalue weighted by Gasteiger charge is 2.10. The van der Waals surface area contributed by atoms with E-state index in [9.17, 15) is 5.11 Å². The lowest BCUT2D eigenvalue weighted by atomic mass is 10.1. The maximum Gasteiger partial charge on any atom is 0.189 e. The highest BCUT2D eigenvalue weighted by Crippen LogP contribution is 2.34. The molecule has 1 aromatic carbocycles. The summed E-state index contributed by atoms with van der Waals surface area (Å²) in [6, 6.07) is 5.00. The van der Waals surface area contributed by atoms with Gasteiger partial charge in [-0.15, -0.1) is 5.10 Å². The van der Waals surface area contributed by atoms with E-state index in [1.54, 1.807) is 12.1 Å². The van der Waals surface area contributed by atoms with Crippen LogP contribution in [-0.4, -0.2) is 15.4 Å². The molecule has 2 aromatic rings. The van der Waals surface area contributed by atoms with Gasteiger partial charge in [0.25, 0.3) is 0 Å². The van der Waals surface area contributed by atoms with Crippen LogP contribution in [0.3, 0.4) is 0 Å². The lowest BCUT2D eigenvalue weighted by Crippen LogP contribution is -1.80. The van der Waals surface area contributed by atoms with Crippen LogP contribution in [0.1, 0.15) is 0 Å². The van der Waals surface area contributed by atoms with Crippen LogP contribution >= 0.6 is 15.9 Å². The van der Waals surface area contributed by atoms with Gasteiger partial charge in [-0.05, 0) is 28.1 Å². The van der Waals surface area contributed by atoms with Gasteiger partial charge in [0.1, 0.15) is 0 Å². The zero-order valence-corrected chi connectivity index (χ0v) is 8.08. The zero-order valence-electron chi connectivity index (χ0n) is 6.49. The summed E-state index contributed by atoms with van der Waals surface area (Å²) in [5.41, 5.74) is 1.19. The van der Waals surface area contributed by atoms with Gasteiger partial charge in [0.05, 0.1) is 17.5 Å². The molecule has 0 spiro atoms. The zero-order chi connectivity index (χ0) is 9.26. The molecule has 0 amide bonds. The van der Waals surface area contributed by atoms with Gasteiger partial charge in [-0.3, -0.25) is 10.2 Å². The number of hydrogen-bond donors (Lipinski definition) is 1. The molecule has 1 heterocycles. The van der Waals surface area contributed by atoms with Gasteiger partial charge in [-0.2, -0.15) is 0 Å². The molecular formula is C8H5BrN3O. The lowest BCUT2D eigenvalue weighted by Gasteiger charge is -2.00. The third-order valence-electron chi connectivity index (χ3n) is 1.66. The van der Waals surface area contributed by atoms with Crippen molar-refractivity contribution in [2.45, 2.75) is 0 Å². The van der Waals surface area contributed by atoms with Crippen molar-refractivity contribution in [1.82, 2.24) is 15.4 Å². The molecule has 0 aliphatic rings. The molecule has 13 heavy (non-hydrogen) atoms. The van der Waals surface area contributed by atoms with Crippen molar-refractivity contribution < 1.29 is 5.11 Å². The van der Waals surface area contributed by atoms with Crippen LogP contribution in [0.2, 0.25) is 0 Å². The van der Waals surface area contributed by atoms with Gasteiger partial charge in [-0.25, -0.2) is 0 Å². The summed E-state index contributed by atoms with van der Waals surface area (Å²) in [6.45, 7) is 0. The monoisotopic (exact) mass is 238 g/mol. The molecule has 0 aliphatic heterocycles. The Labute approximate surface area is 82.7 Å². The highest BCUT2D eigenvalue weighted by atomic mass is 79.9. The number of halogens is 1. The topological polar surface area (TPSA) is 61.5 Å². The predicted octanol–water partition coefficient (Wildman–Crippen LogP) is 2.38. The second-order valence-electron chi connectivity index (χ2n) is 2.48. The van der Waals surface area contributed by atoms with E-state index in [0.717, 1.165) is 4.47 Å². The number of aromatic nitrogens is 3. The average molecular weight is 239 g/mol. The first-order chi connectivity index (χ1) is 6.29. The standard InChI is InChI=1S/C8H5BrN3O/c9-5-2-1-3-7(13)8(5)6-4-10-12-11-6/h1-4H,(H,10,11,12). The number of nitrogens with one attached hydrogen (secondary N) is 1. The molecule has 0 bridgehead atoms. The third-order valence-corrected chi connectivity index (χ3v) is 2.32. The molecule has 1 aromatic heterocycles. The highest BCUT2D eigenvalue weighted by molar-refractivity contribution is 9.10. The van der Waals surface area contributed by atoms with Crippen molar-refractivity contribution in [3.63, 3.8) is 0 Å². The smallest absolute Gasteiger partial charge is 0.189 e. The fraction of sp³-hybridized carbons (Fsp3) is 0. The predicted molar refractivity (Wildman–Crippen MR) is 49.7 cm³/mol. The molecule has 1 N–H and O–H groups in total. The normalized spacial score (nSPS) is 10.2. The maximum absolute atomic E-state index is 11.4. The van der Waals surface area contributed by atoms with Crippen molar-refractivity contribution in [1.29, 1.82) is 0 Å². The van der Waals surface area contributed by atoms with Gasteiger partial charge in [0.2, 0.25) is 0 Å². The molecule has 2 rings (SSSR count). The Morgan fingerprint density at radius 3 is 2.85 bits per heavy atom. The van der Waals surface area contributed by atoms with E-state index in [-0.39, 0.29) is 5.75 Å². The number of hydrogen-bond acceptors (Lipinski definition) is 2. The molecule has 0 fully saturated rings. The van der Waals surface area contributed by atoms with Gasteiger partial charge >= 0.3 is 0 Å². The van der Waals surface area contributed by atoms with Crippen LogP contribution in [0.5, 0.6) is 5.75 Å². The Balaban J connectivity index is 2.64. The summed E-state index contributed by atoms with van der Waals surface area (Å²) in [6.07, 6.45) is 1.52. The average Bonchev–Trinajstić information content (AvgIpc) is 2.57. The Morgan fingerprint density at radius 1 is 1.38 bits per heavy atom. The first-order valence-corrected chi connectivity index (χ1v) is 4.40. The van der Waals surface area contributed by atoms with E-state index < -0.39 is 0 Å². The summed E-state index contributed by atoms with van der Waals surface area (Å²) in [4.78, 5) is 0. The molecule has 0 unspecified atom stereocenters. The van der Waals surface area contributed by atoms with Crippen molar-refractivity contribution in [3.8, 4) is 17.0 Å². The minimum absolute atomic E-state index is 0.0552. The Kier molecular flexibility index (Phi) is 2.02. The van der Waals surface area contributed by atoms with E-state index in [0.29, 0.717) is 11.3 Å². The Bertz CT molecular complexity index is 393. The minimum atomic E-state index is -0.0552. The molecule has 65 valence electrons. The molecule has 1 radical (unpaired) electrons. The quantitative estimate of drug-likeness (QED) is 0.830. The summed E-state index contributed by atoms with van der Waals surface area (Å²) in [5, 5.41) is 21.2. The first kappa shape index (κ1) is 8.25. The summed E-state index contributed by atoms with van der Waals surface area (Å²) < 4.78 is 0.742. The summed E-state index contributed by atoms with van der Waals surface area (Å²) >= 11 is 3.29. The molecule has 0 saturated carbocycles. The SMILES string of the molecule is [O]c1cccc(Br)c1-c1cnn[nH]1. The number of benzene rings is 1. The first-order valence-electron chi connectivity index (χ1n) is 3.61. The Hall–Kier alpha value is -1.36. The van der Waals surface area contributed by atoms with E-state index in [4.69, 9.17) is 0 Å². The van der Waals surface area contributed by atoms with Crippen molar-refractivity contribution in [3.05, 3.63) is 28.9 Å². The van der Waals surface area contributed by atoms with Crippen LogP contribution in [0, 0.1) is 0 Å². The van der Waals surface area contributed by atoms with Crippen molar-refractivity contribution in [2.24, 2.45) is 0 Å². The summed E-state index contributed by atoms with van der Waals surface area (Å²) in [7, 11) is 0. The van der Waals surface area contributed by atoms with Crippen LogP contribution in [0.25, 0.3) is 11.3 Å². The molecule has 0 atom stereocenters. The molecule has 5 heteroatoms. The van der Waals surface area contributed by atoms with E-state index in [2.05, 4.69) is 31.3 Å². The maximum atomic E-state index is 11.4. The molecule has 4 nitrogen and oxygen atoms in total.